The van der Waals surface area contributed by atoms with E-state index >= 15 is 0 Å². The molecule has 8 heteroatoms. The molecule has 0 radical (unpaired) electrons. The van der Waals surface area contributed by atoms with Crippen LogP contribution >= 0.6 is 11.6 Å². The van der Waals surface area contributed by atoms with Gasteiger partial charge in [0.05, 0.1) is 18.3 Å². The first kappa shape index (κ1) is 15.0. The zero-order chi connectivity index (χ0) is 14.8. The van der Waals surface area contributed by atoms with Gasteiger partial charge in [-0.25, -0.2) is 9.97 Å². The van der Waals surface area contributed by atoms with E-state index in [-0.39, 0.29) is 42.6 Å². The number of rotatable bonds is 2. The molecule has 0 aliphatic heterocycles. The van der Waals surface area contributed by atoms with E-state index in [1.165, 1.54) is 12.4 Å². The number of nitrogens with one attached hydrogen (secondary N) is 1. The van der Waals surface area contributed by atoms with Crippen molar-refractivity contribution in [3.8, 4) is 0 Å². The van der Waals surface area contributed by atoms with E-state index in [1.807, 2.05) is 0 Å². The second-order valence-corrected chi connectivity index (χ2v) is 5.19. The quantitative estimate of drug-likeness (QED) is 0.910. The maximum atomic E-state index is 12.5. The fourth-order valence-corrected chi connectivity index (χ4v) is 2.39. The maximum Gasteiger partial charge on any atom is 0.391 e. The lowest BCUT2D eigenvalue weighted by Crippen LogP contribution is -2.32. The zero-order valence-electron chi connectivity index (χ0n) is 10.5. The van der Waals surface area contributed by atoms with Crippen LogP contribution in [0.1, 0.15) is 25.7 Å². The predicted molar refractivity (Wildman–Crippen MR) is 67.2 cm³/mol. The molecule has 2 rings (SSSR count). The van der Waals surface area contributed by atoms with Crippen LogP contribution in [0, 0.1) is 11.8 Å². The largest absolute Gasteiger partial charge is 0.391 e. The minimum Gasteiger partial charge on any atom is -0.309 e. The van der Waals surface area contributed by atoms with Crippen LogP contribution in [0.4, 0.5) is 19.0 Å². The van der Waals surface area contributed by atoms with Crippen molar-refractivity contribution in [3.63, 3.8) is 0 Å². The Kier molecular flexibility index (Phi) is 4.47. The van der Waals surface area contributed by atoms with E-state index in [2.05, 4.69) is 15.3 Å². The van der Waals surface area contributed by atoms with Crippen LogP contribution in [0.25, 0.3) is 0 Å². The lowest BCUT2D eigenvalue weighted by Gasteiger charge is -2.28. The van der Waals surface area contributed by atoms with Gasteiger partial charge in [-0.2, -0.15) is 13.2 Å². The van der Waals surface area contributed by atoms with Crippen LogP contribution in [0.3, 0.4) is 0 Å². The summed E-state index contributed by atoms with van der Waals surface area (Å²) in [6.45, 7) is 0. The van der Waals surface area contributed by atoms with E-state index < -0.39 is 18.0 Å². The first-order valence-electron chi connectivity index (χ1n) is 6.21. The fourth-order valence-electron chi connectivity index (χ4n) is 2.29. The summed E-state index contributed by atoms with van der Waals surface area (Å²) >= 11 is 5.56. The van der Waals surface area contributed by atoms with Crippen molar-refractivity contribution < 1.29 is 18.0 Å². The minimum absolute atomic E-state index is 0.00607. The number of hydrogen-bond donors (Lipinski definition) is 1. The van der Waals surface area contributed by atoms with Gasteiger partial charge in [0, 0.05) is 5.92 Å². The predicted octanol–water partition coefficient (Wildman–Crippen LogP) is 3.44. The number of carbonyl (C=O) groups excluding carboxylic acids is 1. The molecule has 4 nitrogen and oxygen atoms in total. The smallest absolute Gasteiger partial charge is 0.309 e. The number of carbonyl (C=O) groups is 1. The van der Waals surface area contributed by atoms with Crippen LogP contribution in [0.15, 0.2) is 12.4 Å². The first-order chi connectivity index (χ1) is 9.36. The lowest BCUT2D eigenvalue weighted by molar-refractivity contribution is -0.184. The van der Waals surface area contributed by atoms with Gasteiger partial charge < -0.3 is 5.32 Å². The summed E-state index contributed by atoms with van der Waals surface area (Å²) in [7, 11) is 0. The summed E-state index contributed by atoms with van der Waals surface area (Å²) in [6, 6.07) is 0. The number of aromatic nitrogens is 2. The van der Waals surface area contributed by atoms with Crippen LogP contribution in [-0.4, -0.2) is 22.1 Å². The summed E-state index contributed by atoms with van der Waals surface area (Å²) in [5.41, 5.74) is 0. The van der Waals surface area contributed by atoms with Gasteiger partial charge in [-0.15, -0.1) is 0 Å². The van der Waals surface area contributed by atoms with Gasteiger partial charge in [-0.3, -0.25) is 4.79 Å². The number of halogens is 4. The van der Waals surface area contributed by atoms with Crippen molar-refractivity contribution in [2.24, 2.45) is 11.8 Å². The Morgan fingerprint density at radius 3 is 2.35 bits per heavy atom. The molecule has 110 valence electrons. The van der Waals surface area contributed by atoms with E-state index in [0.717, 1.165) is 0 Å². The standard InChI is InChI=1S/C12H13ClF3N3O/c13-9-5-18-10(6-17-9)19-11(20)7-1-3-8(4-2-7)12(14,15)16/h5-8H,1-4H2,(H,18,19,20). The van der Waals surface area contributed by atoms with Crippen LogP contribution < -0.4 is 5.32 Å². The second kappa shape index (κ2) is 5.95. The highest BCUT2D eigenvalue weighted by Gasteiger charge is 2.42. The summed E-state index contributed by atoms with van der Waals surface area (Å²) in [4.78, 5) is 19.5. The Hall–Kier alpha value is -1.37. The summed E-state index contributed by atoms with van der Waals surface area (Å²) < 4.78 is 37.6. The van der Waals surface area contributed by atoms with Gasteiger partial charge in [-0.05, 0) is 25.7 Å². The molecule has 1 saturated carbocycles. The van der Waals surface area contributed by atoms with Gasteiger partial charge in [0.25, 0.3) is 0 Å². The molecule has 1 fully saturated rings. The Morgan fingerprint density at radius 1 is 1.20 bits per heavy atom. The molecule has 1 aromatic heterocycles. The third-order valence-corrected chi connectivity index (χ3v) is 3.63. The van der Waals surface area contributed by atoms with Crippen LogP contribution in [-0.2, 0) is 4.79 Å². The van der Waals surface area contributed by atoms with Gasteiger partial charge in [0.2, 0.25) is 5.91 Å². The maximum absolute atomic E-state index is 12.5. The third-order valence-electron chi connectivity index (χ3n) is 3.43. The minimum atomic E-state index is -4.16. The SMILES string of the molecule is O=C(Nc1cnc(Cl)cn1)C1CCC(C(F)(F)F)CC1. The summed E-state index contributed by atoms with van der Waals surface area (Å²) in [5.74, 6) is -1.77. The van der Waals surface area contributed by atoms with E-state index in [4.69, 9.17) is 11.6 Å². The Bertz CT molecular complexity index is 470. The second-order valence-electron chi connectivity index (χ2n) is 4.80. The molecule has 1 aliphatic rings. The molecule has 0 saturated heterocycles. The van der Waals surface area contributed by atoms with E-state index in [0.29, 0.717) is 0 Å². The zero-order valence-corrected chi connectivity index (χ0v) is 11.2. The van der Waals surface area contributed by atoms with Crippen molar-refractivity contribution in [2.45, 2.75) is 31.9 Å². The van der Waals surface area contributed by atoms with Gasteiger partial charge in [0.15, 0.2) is 5.82 Å². The number of anilines is 1. The monoisotopic (exact) mass is 307 g/mol. The molecule has 1 aromatic rings. The van der Waals surface area contributed by atoms with E-state index in [1.54, 1.807) is 0 Å². The molecule has 0 aromatic carbocycles. The van der Waals surface area contributed by atoms with Crippen molar-refractivity contribution in [1.82, 2.24) is 9.97 Å². The Labute approximate surface area is 118 Å². The lowest BCUT2D eigenvalue weighted by atomic mass is 9.81. The molecule has 0 atom stereocenters. The molecule has 1 aliphatic carbocycles. The molecule has 1 amide bonds. The Morgan fingerprint density at radius 2 is 1.85 bits per heavy atom. The van der Waals surface area contributed by atoms with Gasteiger partial charge >= 0.3 is 6.18 Å². The highest BCUT2D eigenvalue weighted by atomic mass is 35.5. The average Bonchev–Trinajstić information content (AvgIpc) is 2.40. The topological polar surface area (TPSA) is 54.9 Å². The number of hydrogen-bond acceptors (Lipinski definition) is 3. The van der Waals surface area contributed by atoms with Crippen molar-refractivity contribution in [2.75, 3.05) is 5.32 Å². The average molecular weight is 308 g/mol. The summed E-state index contributed by atoms with van der Waals surface area (Å²) in [6.07, 6.45) is -1.11. The van der Waals surface area contributed by atoms with Crippen LogP contribution in [0.2, 0.25) is 5.15 Å². The van der Waals surface area contributed by atoms with Gasteiger partial charge in [0.1, 0.15) is 5.15 Å². The molecule has 1 heterocycles. The number of alkyl halides is 3. The van der Waals surface area contributed by atoms with Gasteiger partial charge in [-0.1, -0.05) is 11.6 Å². The van der Waals surface area contributed by atoms with Crippen LogP contribution in [0.5, 0.6) is 0 Å². The molecule has 0 bridgehead atoms. The van der Waals surface area contributed by atoms with E-state index in [9.17, 15) is 18.0 Å². The molecular weight excluding hydrogens is 295 g/mol. The third kappa shape index (κ3) is 3.82. The highest BCUT2D eigenvalue weighted by Crippen LogP contribution is 2.39. The first-order valence-corrected chi connectivity index (χ1v) is 6.59. The normalized spacial score (nSPS) is 23.4. The fraction of sp³-hybridized carbons (Fsp3) is 0.583. The Balaban J connectivity index is 1.87. The molecule has 1 N–H and O–H groups in total. The van der Waals surface area contributed by atoms with Crippen molar-refractivity contribution >= 4 is 23.3 Å². The molecule has 0 spiro atoms. The number of amides is 1. The van der Waals surface area contributed by atoms with Crippen molar-refractivity contribution in [3.05, 3.63) is 17.5 Å². The van der Waals surface area contributed by atoms with Crippen molar-refractivity contribution in [1.29, 1.82) is 0 Å². The highest BCUT2D eigenvalue weighted by molar-refractivity contribution is 6.29. The molecule has 20 heavy (non-hydrogen) atoms. The number of nitrogens with zero attached hydrogens (tertiary/aromatic N) is 2. The summed E-state index contributed by atoms with van der Waals surface area (Å²) in [5, 5.41) is 2.74. The molecule has 0 unspecified atom stereocenters. The molecular formula is C12H13ClF3N3O.